The molecule has 0 saturated carbocycles. The Kier molecular flexibility index (Phi) is 2.29. The van der Waals surface area contributed by atoms with Crippen molar-refractivity contribution in [3.8, 4) is 11.6 Å². The molecule has 0 saturated heterocycles. The molecule has 5 aromatic rings. The molecule has 0 spiro atoms. The van der Waals surface area contributed by atoms with Crippen LogP contribution in [0.15, 0.2) is 41.2 Å². The van der Waals surface area contributed by atoms with Crippen LogP contribution < -0.4 is 0 Å². The van der Waals surface area contributed by atoms with Gasteiger partial charge in [-0.05, 0) is 37.1 Å². The summed E-state index contributed by atoms with van der Waals surface area (Å²) in [5, 5.41) is 7.37. The van der Waals surface area contributed by atoms with Crippen LogP contribution in [0.25, 0.3) is 44.3 Å². The predicted octanol–water partition coefficient (Wildman–Crippen LogP) is 4.47. The summed E-state index contributed by atoms with van der Waals surface area (Å²) in [5.41, 5.74) is 6.67. The number of aryl methyl sites for hydroxylation is 2. The van der Waals surface area contributed by atoms with E-state index in [1.54, 1.807) is 0 Å². The minimum absolute atomic E-state index is 0.520. The number of nitrogens with zero attached hydrogens (tertiary/aromatic N) is 2. The molecule has 0 atom stereocenters. The first kappa shape index (κ1) is 12.5. The van der Waals surface area contributed by atoms with Crippen LogP contribution in [-0.2, 0) is 0 Å². The number of para-hydroxylation sites is 1. The van der Waals surface area contributed by atoms with Crippen molar-refractivity contribution in [1.82, 2.24) is 20.1 Å². The fourth-order valence-electron chi connectivity index (χ4n) is 3.59. The van der Waals surface area contributed by atoms with Gasteiger partial charge in [0.05, 0.1) is 5.52 Å². The van der Waals surface area contributed by atoms with E-state index in [4.69, 9.17) is 4.52 Å². The normalized spacial score (nSPS) is 11.9. The van der Waals surface area contributed by atoms with E-state index in [0.717, 1.165) is 22.3 Å². The van der Waals surface area contributed by atoms with Crippen molar-refractivity contribution in [3.05, 3.63) is 47.8 Å². The standard InChI is InChI=1S/C18H14N4O/c1-9-15-10(2)17(18-19-8-20-23-18)22-14(15)7-12-11-5-3-4-6-13(11)21-16(9)12/h3-8,21-22H,1-2H3. The molecule has 5 rings (SSSR count). The molecular weight excluding hydrogens is 288 g/mol. The Morgan fingerprint density at radius 2 is 1.83 bits per heavy atom. The van der Waals surface area contributed by atoms with E-state index in [0.29, 0.717) is 5.89 Å². The molecule has 0 unspecified atom stereocenters. The van der Waals surface area contributed by atoms with Crippen molar-refractivity contribution in [2.24, 2.45) is 0 Å². The number of nitrogens with one attached hydrogen (secondary N) is 2. The SMILES string of the molecule is Cc1c(-c2ncno2)[nH]c2cc3c([nH]c4ccccc43)c(C)c12. The van der Waals surface area contributed by atoms with E-state index in [9.17, 15) is 0 Å². The van der Waals surface area contributed by atoms with Crippen LogP contribution in [0.3, 0.4) is 0 Å². The van der Waals surface area contributed by atoms with Gasteiger partial charge >= 0.3 is 0 Å². The van der Waals surface area contributed by atoms with Crippen molar-refractivity contribution in [2.75, 3.05) is 0 Å². The fourth-order valence-corrected chi connectivity index (χ4v) is 3.59. The summed E-state index contributed by atoms with van der Waals surface area (Å²) >= 11 is 0. The van der Waals surface area contributed by atoms with E-state index in [-0.39, 0.29) is 0 Å². The van der Waals surface area contributed by atoms with Crippen molar-refractivity contribution < 1.29 is 4.52 Å². The van der Waals surface area contributed by atoms with Gasteiger partial charge in [-0.3, -0.25) is 0 Å². The van der Waals surface area contributed by atoms with Gasteiger partial charge in [0, 0.05) is 27.2 Å². The molecule has 0 amide bonds. The van der Waals surface area contributed by atoms with Gasteiger partial charge in [0.1, 0.15) is 5.69 Å². The van der Waals surface area contributed by atoms with Gasteiger partial charge in [0.2, 0.25) is 0 Å². The number of aromatic nitrogens is 4. The Morgan fingerprint density at radius 1 is 0.957 bits per heavy atom. The minimum atomic E-state index is 0.520. The average Bonchev–Trinajstić information content (AvgIpc) is 3.26. The lowest BCUT2D eigenvalue weighted by Gasteiger charge is -2.01. The Hall–Kier alpha value is -3.08. The molecule has 0 radical (unpaired) electrons. The zero-order chi connectivity index (χ0) is 15.6. The molecule has 0 aliphatic heterocycles. The smallest absolute Gasteiger partial charge is 0.274 e. The molecule has 0 aliphatic carbocycles. The van der Waals surface area contributed by atoms with Gasteiger partial charge in [-0.15, -0.1) is 0 Å². The van der Waals surface area contributed by atoms with E-state index >= 15 is 0 Å². The molecule has 2 aromatic carbocycles. The predicted molar refractivity (Wildman–Crippen MR) is 90.4 cm³/mol. The van der Waals surface area contributed by atoms with Crippen LogP contribution in [0.4, 0.5) is 0 Å². The van der Waals surface area contributed by atoms with Crippen LogP contribution in [0.2, 0.25) is 0 Å². The lowest BCUT2D eigenvalue weighted by Crippen LogP contribution is -1.81. The first-order chi connectivity index (χ1) is 11.2. The number of hydrogen-bond donors (Lipinski definition) is 2. The van der Waals surface area contributed by atoms with Crippen molar-refractivity contribution in [1.29, 1.82) is 0 Å². The number of rotatable bonds is 1. The lowest BCUT2D eigenvalue weighted by molar-refractivity contribution is 0.429. The molecule has 2 N–H and O–H groups in total. The van der Waals surface area contributed by atoms with E-state index in [1.807, 2.05) is 0 Å². The summed E-state index contributed by atoms with van der Waals surface area (Å²) < 4.78 is 5.22. The highest BCUT2D eigenvalue weighted by atomic mass is 16.5. The van der Waals surface area contributed by atoms with Gasteiger partial charge in [0.25, 0.3) is 5.89 Å². The quantitative estimate of drug-likeness (QED) is 0.480. The lowest BCUT2D eigenvalue weighted by atomic mass is 10.0. The molecule has 3 heterocycles. The molecular formula is C18H14N4O. The van der Waals surface area contributed by atoms with E-state index in [2.05, 4.69) is 64.3 Å². The molecule has 3 aromatic heterocycles. The zero-order valence-electron chi connectivity index (χ0n) is 12.8. The maximum absolute atomic E-state index is 5.22. The van der Waals surface area contributed by atoms with E-state index in [1.165, 1.54) is 33.6 Å². The first-order valence-corrected chi connectivity index (χ1v) is 7.53. The third-order valence-corrected chi connectivity index (χ3v) is 4.64. The van der Waals surface area contributed by atoms with Crippen LogP contribution in [0.1, 0.15) is 11.1 Å². The highest BCUT2D eigenvalue weighted by Crippen LogP contribution is 2.37. The Bertz CT molecular complexity index is 1180. The number of H-pyrrole nitrogens is 2. The molecule has 5 nitrogen and oxygen atoms in total. The maximum atomic E-state index is 5.22. The monoisotopic (exact) mass is 302 g/mol. The van der Waals surface area contributed by atoms with Gasteiger partial charge in [-0.2, -0.15) is 4.98 Å². The Balaban J connectivity index is 1.95. The molecule has 0 fully saturated rings. The summed E-state index contributed by atoms with van der Waals surface area (Å²) in [7, 11) is 0. The third-order valence-electron chi connectivity index (χ3n) is 4.64. The highest BCUT2D eigenvalue weighted by Gasteiger charge is 2.18. The second-order valence-electron chi connectivity index (χ2n) is 5.89. The number of hydrogen-bond acceptors (Lipinski definition) is 3. The molecule has 0 bridgehead atoms. The first-order valence-electron chi connectivity index (χ1n) is 7.53. The molecule has 23 heavy (non-hydrogen) atoms. The van der Waals surface area contributed by atoms with Gasteiger partial charge in [0.15, 0.2) is 6.33 Å². The van der Waals surface area contributed by atoms with Crippen LogP contribution in [0, 0.1) is 13.8 Å². The second kappa shape index (κ2) is 4.23. The van der Waals surface area contributed by atoms with Crippen molar-refractivity contribution in [2.45, 2.75) is 13.8 Å². The summed E-state index contributed by atoms with van der Waals surface area (Å²) in [6, 6.07) is 10.6. The van der Waals surface area contributed by atoms with Gasteiger partial charge in [-0.25, -0.2) is 0 Å². The largest absolute Gasteiger partial charge is 0.354 e. The number of benzene rings is 2. The molecule has 112 valence electrons. The summed E-state index contributed by atoms with van der Waals surface area (Å²) in [5.74, 6) is 0.520. The molecule has 0 aliphatic rings. The van der Waals surface area contributed by atoms with Crippen molar-refractivity contribution in [3.63, 3.8) is 0 Å². The summed E-state index contributed by atoms with van der Waals surface area (Å²) in [6.45, 7) is 4.23. The maximum Gasteiger partial charge on any atom is 0.274 e. The Labute approximate surface area is 131 Å². The van der Waals surface area contributed by atoms with Crippen LogP contribution in [-0.4, -0.2) is 20.1 Å². The summed E-state index contributed by atoms with van der Waals surface area (Å²) in [4.78, 5) is 11.2. The van der Waals surface area contributed by atoms with Gasteiger partial charge < -0.3 is 14.5 Å². The number of aromatic amines is 2. The molecule has 5 heteroatoms. The van der Waals surface area contributed by atoms with E-state index < -0.39 is 0 Å². The third kappa shape index (κ3) is 1.56. The van der Waals surface area contributed by atoms with Crippen molar-refractivity contribution >= 4 is 32.7 Å². The second-order valence-corrected chi connectivity index (χ2v) is 5.89. The summed E-state index contributed by atoms with van der Waals surface area (Å²) in [6.07, 6.45) is 1.42. The topological polar surface area (TPSA) is 70.5 Å². The fraction of sp³-hybridized carbons (Fsp3) is 0.111. The zero-order valence-corrected chi connectivity index (χ0v) is 12.8. The minimum Gasteiger partial charge on any atom is -0.354 e. The van der Waals surface area contributed by atoms with Gasteiger partial charge in [-0.1, -0.05) is 23.4 Å². The highest BCUT2D eigenvalue weighted by molar-refractivity contribution is 6.14. The number of fused-ring (bicyclic) bond motifs is 4. The average molecular weight is 302 g/mol. The van der Waals surface area contributed by atoms with Crippen LogP contribution in [0.5, 0.6) is 0 Å². The Morgan fingerprint density at radius 3 is 2.65 bits per heavy atom. The van der Waals surface area contributed by atoms with Crippen LogP contribution >= 0.6 is 0 Å².